The smallest absolute Gasteiger partial charge is 0.122 e. The number of hydrogen-bond donors (Lipinski definition) is 0. The minimum absolute atomic E-state index is 0.506. The van der Waals surface area contributed by atoms with Gasteiger partial charge < -0.3 is 0 Å². The maximum atomic E-state index is 4.21. The Balaban J connectivity index is 4.28. The number of hydrogen-bond acceptors (Lipinski definition) is 1. The first-order valence-electron chi connectivity index (χ1n) is 3.64. The van der Waals surface area contributed by atoms with E-state index in [0.717, 1.165) is 5.84 Å². The Kier molecular flexibility index (Phi) is 6.02. The summed E-state index contributed by atoms with van der Waals surface area (Å²) in [5, 5.41) is 0. The van der Waals surface area contributed by atoms with E-state index in [1.54, 1.807) is 0 Å². The second-order valence-corrected chi connectivity index (χ2v) is 4.52. The van der Waals surface area contributed by atoms with Crippen molar-refractivity contribution in [1.82, 2.24) is 3.11 Å². The van der Waals surface area contributed by atoms with Crippen LogP contribution >= 0.6 is 45.7 Å². The molecule has 0 spiro atoms. The van der Waals surface area contributed by atoms with Gasteiger partial charge in [-0.15, -0.1) is 0 Å². The van der Waals surface area contributed by atoms with Crippen LogP contribution in [0, 0.1) is 5.92 Å². The lowest BCUT2D eigenvalue weighted by molar-refractivity contribution is 0.559. The highest BCUT2D eigenvalue weighted by Gasteiger charge is 2.14. The summed E-state index contributed by atoms with van der Waals surface area (Å²) < 4.78 is 6.39. The van der Waals surface area contributed by atoms with E-state index in [9.17, 15) is 0 Å². The molecule has 0 aliphatic rings. The summed E-state index contributed by atoms with van der Waals surface area (Å²) in [6.07, 6.45) is 0. The van der Waals surface area contributed by atoms with Crippen LogP contribution in [0.1, 0.15) is 27.7 Å². The Labute approximate surface area is 96.8 Å². The van der Waals surface area contributed by atoms with Crippen molar-refractivity contribution < 1.29 is 0 Å². The first kappa shape index (κ1) is 11.9. The quantitative estimate of drug-likeness (QED) is 0.310. The van der Waals surface area contributed by atoms with E-state index in [4.69, 9.17) is 0 Å². The average Bonchev–Trinajstić information content (AvgIpc) is 1.88. The maximum absolute atomic E-state index is 4.21. The number of amidine groups is 1. The van der Waals surface area contributed by atoms with Gasteiger partial charge in [-0.25, -0.2) is 3.21 Å². The van der Waals surface area contributed by atoms with E-state index in [1.807, 2.05) is 0 Å². The highest BCUT2D eigenvalue weighted by atomic mass is 127. The molecule has 0 aromatic heterocycles. The van der Waals surface area contributed by atoms with Gasteiger partial charge in [-0.1, -0.05) is 13.8 Å². The number of rotatable bonds is 2. The molecule has 0 saturated carbocycles. The first-order valence-corrected chi connectivity index (χ1v) is 5.57. The van der Waals surface area contributed by atoms with Gasteiger partial charge in [0.2, 0.25) is 0 Å². The van der Waals surface area contributed by atoms with Gasteiger partial charge in [-0.3, -0.25) is 3.11 Å². The third-order valence-corrected chi connectivity index (χ3v) is 3.38. The molecule has 0 amide bonds. The van der Waals surface area contributed by atoms with Crippen LogP contribution in [0.4, 0.5) is 0 Å². The van der Waals surface area contributed by atoms with Gasteiger partial charge in [0.15, 0.2) is 0 Å². The van der Waals surface area contributed by atoms with E-state index < -0.39 is 0 Å². The third kappa shape index (κ3) is 3.91. The van der Waals surface area contributed by atoms with Crippen molar-refractivity contribution in [2.24, 2.45) is 9.12 Å². The third-order valence-electron chi connectivity index (χ3n) is 1.28. The molecule has 0 saturated heterocycles. The molecule has 66 valence electrons. The van der Waals surface area contributed by atoms with Crippen molar-refractivity contribution >= 4 is 51.6 Å². The summed E-state index contributed by atoms with van der Waals surface area (Å²) in [6.45, 7) is 8.64. The standard InChI is InChI=1S/C7H14I2N2/c1-5(2)7(10-8)11(9)6(3)4/h5-6H,1-4H3/b10-7-. The average molecular weight is 380 g/mol. The second-order valence-electron chi connectivity index (χ2n) is 3.00. The zero-order valence-corrected chi connectivity index (χ0v) is 11.6. The SMILES string of the molecule is CC(C)/C(=N/I)N(I)C(C)C. The van der Waals surface area contributed by atoms with Gasteiger partial charge in [0.05, 0.1) is 45.7 Å². The molecule has 0 fully saturated rings. The molecule has 0 radical (unpaired) electrons. The predicted molar refractivity (Wildman–Crippen MR) is 67.3 cm³/mol. The molecule has 0 aliphatic carbocycles. The molecular weight excluding hydrogens is 366 g/mol. The summed E-state index contributed by atoms with van der Waals surface area (Å²) in [4.78, 5) is 0. The lowest BCUT2D eigenvalue weighted by atomic mass is 10.2. The van der Waals surface area contributed by atoms with E-state index >= 15 is 0 Å². The van der Waals surface area contributed by atoms with Crippen LogP contribution in [-0.2, 0) is 0 Å². The van der Waals surface area contributed by atoms with Crippen LogP contribution in [0.5, 0.6) is 0 Å². The van der Waals surface area contributed by atoms with Crippen LogP contribution in [0.25, 0.3) is 0 Å². The van der Waals surface area contributed by atoms with Crippen molar-refractivity contribution in [3.63, 3.8) is 0 Å². The first-order chi connectivity index (χ1) is 5.00. The number of nitrogens with zero attached hydrogens (tertiary/aromatic N) is 2. The largest absolute Gasteiger partial charge is 0.300 e. The summed E-state index contributed by atoms with van der Waals surface area (Å²) in [5.41, 5.74) is 0. The molecule has 4 heteroatoms. The molecule has 0 N–H and O–H groups in total. The monoisotopic (exact) mass is 380 g/mol. The summed E-state index contributed by atoms with van der Waals surface area (Å²) >= 11 is 4.36. The molecule has 11 heavy (non-hydrogen) atoms. The van der Waals surface area contributed by atoms with Gasteiger partial charge in [0.1, 0.15) is 5.84 Å². The van der Waals surface area contributed by atoms with Gasteiger partial charge in [0.25, 0.3) is 0 Å². The molecule has 0 aromatic carbocycles. The Morgan fingerprint density at radius 1 is 1.27 bits per heavy atom. The fourth-order valence-corrected chi connectivity index (χ4v) is 2.51. The minimum atomic E-state index is 0.506. The van der Waals surface area contributed by atoms with E-state index in [2.05, 4.69) is 79.7 Å². The van der Waals surface area contributed by atoms with Gasteiger partial charge in [-0.05, 0) is 13.8 Å². The molecule has 0 unspecified atom stereocenters. The second kappa shape index (κ2) is 5.55. The summed E-state index contributed by atoms with van der Waals surface area (Å²) in [7, 11) is 0. The summed E-state index contributed by atoms with van der Waals surface area (Å²) in [6, 6.07) is 0.520. The van der Waals surface area contributed by atoms with Crippen molar-refractivity contribution in [1.29, 1.82) is 0 Å². The van der Waals surface area contributed by atoms with Gasteiger partial charge in [-0.2, -0.15) is 0 Å². The van der Waals surface area contributed by atoms with E-state index in [-0.39, 0.29) is 0 Å². The van der Waals surface area contributed by atoms with Crippen molar-refractivity contribution in [3.05, 3.63) is 0 Å². The molecule has 0 aromatic rings. The molecular formula is C7H14I2N2. The van der Waals surface area contributed by atoms with Crippen molar-refractivity contribution in [2.45, 2.75) is 33.7 Å². The lowest BCUT2D eigenvalue weighted by Crippen LogP contribution is -2.30. The molecule has 0 atom stereocenters. The van der Waals surface area contributed by atoms with E-state index in [0.29, 0.717) is 12.0 Å². The molecule has 0 bridgehead atoms. The van der Waals surface area contributed by atoms with Gasteiger partial charge in [0, 0.05) is 12.0 Å². The van der Waals surface area contributed by atoms with Gasteiger partial charge >= 0.3 is 0 Å². The molecule has 0 rings (SSSR count). The number of halogens is 2. The molecule has 0 aliphatic heterocycles. The minimum Gasteiger partial charge on any atom is -0.300 e. The lowest BCUT2D eigenvalue weighted by Gasteiger charge is -2.24. The predicted octanol–water partition coefficient (Wildman–Crippen LogP) is 3.45. The molecule has 2 nitrogen and oxygen atoms in total. The maximum Gasteiger partial charge on any atom is 0.122 e. The molecule has 0 heterocycles. The Hall–Kier alpha value is 0.930. The highest BCUT2D eigenvalue weighted by molar-refractivity contribution is 14.1. The fourth-order valence-electron chi connectivity index (χ4n) is 0.645. The Morgan fingerprint density at radius 3 is 1.82 bits per heavy atom. The zero-order chi connectivity index (χ0) is 9.02. The Bertz CT molecular complexity index is 143. The fraction of sp³-hybridized carbons (Fsp3) is 0.857. The zero-order valence-electron chi connectivity index (χ0n) is 7.31. The highest BCUT2D eigenvalue weighted by Crippen LogP contribution is 2.14. The topological polar surface area (TPSA) is 15.6 Å². The van der Waals surface area contributed by atoms with Crippen molar-refractivity contribution in [2.75, 3.05) is 0 Å². The van der Waals surface area contributed by atoms with Crippen LogP contribution in [0.15, 0.2) is 3.21 Å². The normalized spacial score (nSPS) is 12.9. The Morgan fingerprint density at radius 2 is 1.73 bits per heavy atom. The van der Waals surface area contributed by atoms with Crippen molar-refractivity contribution in [3.8, 4) is 0 Å². The van der Waals surface area contributed by atoms with Crippen LogP contribution in [-0.4, -0.2) is 15.0 Å². The van der Waals surface area contributed by atoms with Crippen LogP contribution < -0.4 is 0 Å². The summed E-state index contributed by atoms with van der Waals surface area (Å²) in [5.74, 6) is 1.66. The van der Waals surface area contributed by atoms with E-state index in [1.165, 1.54) is 0 Å². The van der Waals surface area contributed by atoms with Crippen LogP contribution in [0.3, 0.4) is 0 Å². The van der Waals surface area contributed by atoms with Crippen LogP contribution in [0.2, 0.25) is 0 Å².